The fourth-order valence-corrected chi connectivity index (χ4v) is 1.01. The number of carbonyl (C=O) groups is 1. The van der Waals surface area contributed by atoms with E-state index >= 15 is 0 Å². The summed E-state index contributed by atoms with van der Waals surface area (Å²) in [5.74, 6) is -0.339. The number of nitrogens with one attached hydrogen (secondary N) is 1. The van der Waals surface area contributed by atoms with Crippen LogP contribution in [0.4, 0.5) is 0 Å². The van der Waals surface area contributed by atoms with E-state index in [0.29, 0.717) is 6.54 Å². The van der Waals surface area contributed by atoms with Crippen molar-refractivity contribution in [1.82, 2.24) is 5.32 Å². The topological polar surface area (TPSA) is 73.6 Å². The molecular formula is C9H20N2O3. The van der Waals surface area contributed by atoms with Crippen LogP contribution in [-0.4, -0.2) is 44.9 Å². The molecule has 0 saturated heterocycles. The SMILES string of the molecule is COCC(NC(C)(C)CN)C(=O)OC. The number of carbonyl (C=O) groups excluding carboxylic acids is 1. The first-order valence-corrected chi connectivity index (χ1v) is 4.51. The van der Waals surface area contributed by atoms with E-state index in [2.05, 4.69) is 10.1 Å². The van der Waals surface area contributed by atoms with Crippen LogP contribution in [0.5, 0.6) is 0 Å². The molecule has 0 amide bonds. The van der Waals surface area contributed by atoms with Gasteiger partial charge in [0.25, 0.3) is 0 Å². The number of hydrogen-bond acceptors (Lipinski definition) is 5. The van der Waals surface area contributed by atoms with E-state index in [9.17, 15) is 4.79 Å². The molecule has 0 aromatic carbocycles. The van der Waals surface area contributed by atoms with Gasteiger partial charge in [-0.1, -0.05) is 0 Å². The predicted octanol–water partition coefficient (Wildman–Crippen LogP) is -0.499. The van der Waals surface area contributed by atoms with Gasteiger partial charge in [0.2, 0.25) is 0 Å². The quantitative estimate of drug-likeness (QED) is 0.571. The average molecular weight is 204 g/mol. The fraction of sp³-hybridized carbons (Fsp3) is 0.889. The Hall–Kier alpha value is -0.650. The van der Waals surface area contributed by atoms with Gasteiger partial charge in [0.15, 0.2) is 0 Å². The van der Waals surface area contributed by atoms with Crippen molar-refractivity contribution in [1.29, 1.82) is 0 Å². The van der Waals surface area contributed by atoms with Crippen LogP contribution < -0.4 is 11.1 Å². The van der Waals surface area contributed by atoms with Gasteiger partial charge in [-0.2, -0.15) is 0 Å². The summed E-state index contributed by atoms with van der Waals surface area (Å²) in [6.07, 6.45) is 0. The van der Waals surface area contributed by atoms with Crippen molar-refractivity contribution >= 4 is 5.97 Å². The van der Waals surface area contributed by atoms with Crippen molar-refractivity contribution in [2.75, 3.05) is 27.4 Å². The summed E-state index contributed by atoms with van der Waals surface area (Å²) in [5, 5.41) is 3.07. The molecule has 0 aliphatic rings. The van der Waals surface area contributed by atoms with Crippen molar-refractivity contribution in [2.45, 2.75) is 25.4 Å². The first-order valence-electron chi connectivity index (χ1n) is 4.51. The minimum atomic E-state index is -0.469. The van der Waals surface area contributed by atoms with Gasteiger partial charge in [-0.05, 0) is 13.8 Å². The van der Waals surface area contributed by atoms with Crippen LogP contribution in [0.3, 0.4) is 0 Å². The minimum absolute atomic E-state index is 0.274. The van der Waals surface area contributed by atoms with E-state index < -0.39 is 6.04 Å². The first-order chi connectivity index (χ1) is 6.46. The molecule has 5 nitrogen and oxygen atoms in total. The molecule has 84 valence electrons. The van der Waals surface area contributed by atoms with Crippen LogP contribution in [0.1, 0.15) is 13.8 Å². The van der Waals surface area contributed by atoms with Crippen molar-refractivity contribution in [3.8, 4) is 0 Å². The van der Waals surface area contributed by atoms with Gasteiger partial charge in [-0.3, -0.25) is 10.1 Å². The Kier molecular flexibility index (Phi) is 5.68. The van der Waals surface area contributed by atoms with E-state index in [4.69, 9.17) is 10.5 Å². The Bertz CT molecular complexity index is 183. The molecule has 1 unspecified atom stereocenters. The second-order valence-corrected chi connectivity index (χ2v) is 3.76. The Morgan fingerprint density at radius 2 is 2.07 bits per heavy atom. The van der Waals surface area contributed by atoms with Crippen LogP contribution in [0.2, 0.25) is 0 Å². The zero-order chi connectivity index (χ0) is 11.2. The highest BCUT2D eigenvalue weighted by Crippen LogP contribution is 2.02. The first kappa shape index (κ1) is 13.4. The van der Waals surface area contributed by atoms with E-state index in [1.807, 2.05) is 13.8 Å². The summed E-state index contributed by atoms with van der Waals surface area (Å²) in [6, 6.07) is -0.469. The highest BCUT2D eigenvalue weighted by molar-refractivity contribution is 5.75. The molecule has 0 spiro atoms. The van der Waals surface area contributed by atoms with Crippen LogP contribution in [0.15, 0.2) is 0 Å². The smallest absolute Gasteiger partial charge is 0.325 e. The fourth-order valence-electron chi connectivity index (χ4n) is 1.01. The van der Waals surface area contributed by atoms with Gasteiger partial charge in [0.05, 0.1) is 13.7 Å². The zero-order valence-corrected chi connectivity index (χ0v) is 9.29. The van der Waals surface area contributed by atoms with Crippen molar-refractivity contribution < 1.29 is 14.3 Å². The predicted molar refractivity (Wildman–Crippen MR) is 53.9 cm³/mol. The molecular weight excluding hydrogens is 184 g/mol. The molecule has 0 saturated carbocycles. The Labute approximate surface area is 84.9 Å². The van der Waals surface area contributed by atoms with E-state index in [0.717, 1.165) is 0 Å². The van der Waals surface area contributed by atoms with E-state index in [1.165, 1.54) is 14.2 Å². The second-order valence-electron chi connectivity index (χ2n) is 3.76. The van der Waals surface area contributed by atoms with Gasteiger partial charge in [-0.15, -0.1) is 0 Å². The molecule has 0 radical (unpaired) electrons. The molecule has 5 heteroatoms. The maximum absolute atomic E-state index is 11.3. The largest absolute Gasteiger partial charge is 0.468 e. The number of ether oxygens (including phenoxy) is 2. The van der Waals surface area contributed by atoms with Gasteiger partial charge in [0.1, 0.15) is 6.04 Å². The Balaban J connectivity index is 4.29. The van der Waals surface area contributed by atoms with E-state index in [1.54, 1.807) is 0 Å². The monoisotopic (exact) mass is 204 g/mol. The summed E-state index contributed by atoms with van der Waals surface area (Å²) in [7, 11) is 2.88. The van der Waals surface area contributed by atoms with Crippen LogP contribution in [-0.2, 0) is 14.3 Å². The third kappa shape index (κ3) is 4.55. The van der Waals surface area contributed by atoms with Crippen molar-refractivity contribution in [3.63, 3.8) is 0 Å². The third-order valence-electron chi connectivity index (χ3n) is 1.89. The van der Waals surface area contributed by atoms with Crippen molar-refractivity contribution in [2.24, 2.45) is 5.73 Å². The standard InChI is InChI=1S/C9H20N2O3/c1-9(2,6-10)11-7(5-13-3)8(12)14-4/h7,11H,5-6,10H2,1-4H3. The lowest BCUT2D eigenvalue weighted by molar-refractivity contribution is -0.145. The summed E-state index contributed by atoms with van der Waals surface area (Å²) in [5.41, 5.74) is 5.23. The summed E-state index contributed by atoms with van der Waals surface area (Å²) < 4.78 is 9.55. The number of methoxy groups -OCH3 is 2. The lowest BCUT2D eigenvalue weighted by Gasteiger charge is -2.28. The van der Waals surface area contributed by atoms with Gasteiger partial charge < -0.3 is 15.2 Å². The number of hydrogen-bond donors (Lipinski definition) is 2. The molecule has 0 aromatic heterocycles. The normalized spacial score (nSPS) is 13.8. The number of rotatable bonds is 6. The molecule has 0 bridgehead atoms. The molecule has 0 aliphatic heterocycles. The van der Waals surface area contributed by atoms with Gasteiger partial charge >= 0.3 is 5.97 Å². The number of nitrogens with two attached hydrogens (primary N) is 1. The Morgan fingerprint density at radius 3 is 2.43 bits per heavy atom. The van der Waals surface area contributed by atoms with Crippen LogP contribution in [0, 0.1) is 0 Å². The maximum Gasteiger partial charge on any atom is 0.325 e. The highest BCUT2D eigenvalue weighted by atomic mass is 16.5. The summed E-state index contributed by atoms with van der Waals surface area (Å²) in [6.45, 7) is 4.54. The Morgan fingerprint density at radius 1 is 1.50 bits per heavy atom. The molecule has 0 aliphatic carbocycles. The molecule has 0 aromatic rings. The molecule has 0 rings (SSSR count). The lowest BCUT2D eigenvalue weighted by atomic mass is 10.0. The lowest BCUT2D eigenvalue weighted by Crippen LogP contribution is -2.55. The maximum atomic E-state index is 11.3. The summed E-state index contributed by atoms with van der Waals surface area (Å²) >= 11 is 0. The number of esters is 1. The zero-order valence-electron chi connectivity index (χ0n) is 9.29. The average Bonchev–Trinajstić information content (AvgIpc) is 2.16. The molecule has 3 N–H and O–H groups in total. The van der Waals surface area contributed by atoms with Crippen molar-refractivity contribution in [3.05, 3.63) is 0 Å². The highest BCUT2D eigenvalue weighted by Gasteiger charge is 2.26. The second kappa shape index (κ2) is 5.95. The van der Waals surface area contributed by atoms with E-state index in [-0.39, 0.29) is 18.1 Å². The molecule has 0 heterocycles. The third-order valence-corrected chi connectivity index (χ3v) is 1.89. The van der Waals surface area contributed by atoms with Gasteiger partial charge in [-0.25, -0.2) is 0 Å². The van der Waals surface area contributed by atoms with Crippen LogP contribution in [0.25, 0.3) is 0 Å². The van der Waals surface area contributed by atoms with Crippen LogP contribution >= 0.6 is 0 Å². The van der Waals surface area contributed by atoms with Gasteiger partial charge in [0, 0.05) is 19.2 Å². The summed E-state index contributed by atoms with van der Waals surface area (Å²) in [4.78, 5) is 11.3. The molecule has 1 atom stereocenters. The molecule has 14 heavy (non-hydrogen) atoms. The molecule has 0 fully saturated rings. The minimum Gasteiger partial charge on any atom is -0.468 e.